The van der Waals surface area contributed by atoms with Gasteiger partial charge in [-0.1, -0.05) is 0 Å². The van der Waals surface area contributed by atoms with E-state index in [4.69, 9.17) is 0 Å². The van der Waals surface area contributed by atoms with Gasteiger partial charge in [0, 0.05) is 52.0 Å². The molecule has 2 aromatic heterocycles. The summed E-state index contributed by atoms with van der Waals surface area (Å²) in [5.41, 5.74) is 1.12. The Morgan fingerprint density at radius 1 is 1.22 bits per heavy atom. The lowest BCUT2D eigenvalue weighted by molar-refractivity contribution is -0.129. The van der Waals surface area contributed by atoms with E-state index < -0.39 is 0 Å². The van der Waals surface area contributed by atoms with Crippen LogP contribution in [0.3, 0.4) is 0 Å². The summed E-state index contributed by atoms with van der Waals surface area (Å²) in [6, 6.07) is 3.90. The van der Waals surface area contributed by atoms with Crippen molar-refractivity contribution in [3.05, 3.63) is 36.3 Å². The summed E-state index contributed by atoms with van der Waals surface area (Å²) in [6.07, 6.45) is 5.13. The van der Waals surface area contributed by atoms with E-state index in [1.165, 1.54) is 0 Å². The van der Waals surface area contributed by atoms with Gasteiger partial charge in [0.05, 0.1) is 6.20 Å². The molecule has 1 N–H and O–H groups in total. The van der Waals surface area contributed by atoms with Crippen LogP contribution in [0.1, 0.15) is 12.5 Å². The zero-order chi connectivity index (χ0) is 16.1. The number of rotatable bonds is 4. The van der Waals surface area contributed by atoms with Crippen molar-refractivity contribution < 1.29 is 4.79 Å². The third-order valence-corrected chi connectivity index (χ3v) is 3.78. The minimum atomic E-state index is 0.108. The molecule has 120 valence electrons. The molecule has 23 heavy (non-hydrogen) atoms. The Morgan fingerprint density at radius 3 is 2.65 bits per heavy atom. The molecule has 1 aliphatic rings. The van der Waals surface area contributed by atoms with Crippen LogP contribution in [0.2, 0.25) is 0 Å². The van der Waals surface area contributed by atoms with Crippen molar-refractivity contribution in [2.45, 2.75) is 13.5 Å². The molecule has 0 unspecified atom stereocenters. The molecule has 0 atom stereocenters. The van der Waals surface area contributed by atoms with Gasteiger partial charge in [0.2, 0.25) is 11.9 Å². The Bertz CT molecular complexity index is 656. The van der Waals surface area contributed by atoms with E-state index in [1.807, 2.05) is 21.9 Å². The monoisotopic (exact) mass is 313 g/mol. The number of carbonyl (C=O) groups excluding carboxylic acids is 1. The number of hydrogen-bond acceptors (Lipinski definition) is 7. The predicted octanol–water partition coefficient (Wildman–Crippen LogP) is 0.547. The highest BCUT2D eigenvalue weighted by atomic mass is 16.2. The van der Waals surface area contributed by atoms with Crippen LogP contribution in [-0.4, -0.2) is 57.2 Å². The molecule has 1 saturated heterocycles. The molecule has 0 saturated carbocycles. The maximum absolute atomic E-state index is 11.4. The van der Waals surface area contributed by atoms with E-state index in [1.54, 1.807) is 25.5 Å². The van der Waals surface area contributed by atoms with Gasteiger partial charge in [-0.2, -0.15) is 10.1 Å². The molecule has 0 spiro atoms. The van der Waals surface area contributed by atoms with Gasteiger partial charge >= 0.3 is 0 Å². The first-order valence-electron chi connectivity index (χ1n) is 7.55. The Labute approximate surface area is 134 Å². The lowest BCUT2D eigenvalue weighted by atomic mass is 10.3. The molecule has 0 aliphatic carbocycles. The minimum Gasteiger partial charge on any atom is -0.365 e. The molecule has 0 radical (unpaired) electrons. The molecule has 3 heterocycles. The van der Waals surface area contributed by atoms with Crippen LogP contribution >= 0.6 is 0 Å². The number of aromatic nitrogens is 4. The van der Waals surface area contributed by atoms with Gasteiger partial charge in [0.25, 0.3) is 0 Å². The van der Waals surface area contributed by atoms with Gasteiger partial charge in [-0.05, 0) is 17.7 Å². The first-order chi connectivity index (χ1) is 11.2. The van der Waals surface area contributed by atoms with E-state index in [0.29, 0.717) is 31.4 Å². The van der Waals surface area contributed by atoms with E-state index in [-0.39, 0.29) is 5.91 Å². The first kappa shape index (κ1) is 15.1. The number of carbonyl (C=O) groups is 1. The van der Waals surface area contributed by atoms with E-state index in [9.17, 15) is 4.79 Å². The number of anilines is 2. The van der Waals surface area contributed by atoms with Gasteiger partial charge in [0.15, 0.2) is 5.82 Å². The van der Waals surface area contributed by atoms with E-state index >= 15 is 0 Å². The molecule has 1 fully saturated rings. The van der Waals surface area contributed by atoms with Gasteiger partial charge in [0.1, 0.15) is 0 Å². The fourth-order valence-electron chi connectivity index (χ4n) is 2.43. The zero-order valence-corrected chi connectivity index (χ0v) is 13.0. The fourth-order valence-corrected chi connectivity index (χ4v) is 2.43. The Hall–Kier alpha value is -2.77. The number of nitrogens with zero attached hydrogens (tertiary/aromatic N) is 6. The second kappa shape index (κ2) is 6.99. The Balaban J connectivity index is 1.60. The summed E-state index contributed by atoms with van der Waals surface area (Å²) < 4.78 is 0. The van der Waals surface area contributed by atoms with Crippen molar-refractivity contribution in [3.8, 4) is 0 Å². The van der Waals surface area contributed by atoms with Crippen molar-refractivity contribution in [2.24, 2.45) is 0 Å². The average molecular weight is 313 g/mol. The summed E-state index contributed by atoms with van der Waals surface area (Å²) in [6.45, 7) is 5.06. The third-order valence-electron chi connectivity index (χ3n) is 3.78. The lowest BCUT2D eigenvalue weighted by Gasteiger charge is -2.33. The summed E-state index contributed by atoms with van der Waals surface area (Å²) in [7, 11) is 0. The molecule has 3 rings (SSSR count). The van der Waals surface area contributed by atoms with Crippen LogP contribution in [0, 0.1) is 0 Å². The molecular weight excluding hydrogens is 294 g/mol. The number of nitrogens with one attached hydrogen (secondary N) is 1. The van der Waals surface area contributed by atoms with Crippen LogP contribution < -0.4 is 10.2 Å². The summed E-state index contributed by atoms with van der Waals surface area (Å²) in [5.74, 6) is 1.38. The first-order valence-corrected chi connectivity index (χ1v) is 7.55. The maximum atomic E-state index is 11.4. The second-order valence-corrected chi connectivity index (χ2v) is 5.34. The fraction of sp³-hybridized carbons (Fsp3) is 0.400. The smallest absolute Gasteiger partial charge is 0.247 e. The highest BCUT2D eigenvalue weighted by molar-refractivity contribution is 5.73. The van der Waals surface area contributed by atoms with Crippen LogP contribution in [-0.2, 0) is 11.3 Å². The van der Waals surface area contributed by atoms with E-state index in [0.717, 1.165) is 18.7 Å². The van der Waals surface area contributed by atoms with Crippen molar-refractivity contribution in [2.75, 3.05) is 36.4 Å². The standard InChI is InChI=1S/C15H19N7O/c1-12(23)21-6-8-22(9-7-21)15-19-14(11-18-20-15)17-10-13-2-4-16-5-3-13/h2-5,11H,6-10H2,1H3,(H,17,19,20). The molecule has 0 aromatic carbocycles. The van der Waals surface area contributed by atoms with Crippen LogP contribution in [0.5, 0.6) is 0 Å². The number of pyridine rings is 1. The van der Waals surface area contributed by atoms with Gasteiger partial charge in [-0.25, -0.2) is 0 Å². The minimum absolute atomic E-state index is 0.108. The normalized spacial score (nSPS) is 14.7. The highest BCUT2D eigenvalue weighted by Crippen LogP contribution is 2.13. The van der Waals surface area contributed by atoms with Crippen molar-refractivity contribution >= 4 is 17.7 Å². The largest absolute Gasteiger partial charge is 0.365 e. The summed E-state index contributed by atoms with van der Waals surface area (Å²) in [4.78, 5) is 23.7. The van der Waals surface area contributed by atoms with Crippen molar-refractivity contribution in [1.82, 2.24) is 25.1 Å². The Kier molecular flexibility index (Phi) is 4.60. The molecule has 8 nitrogen and oxygen atoms in total. The number of hydrogen-bond donors (Lipinski definition) is 1. The predicted molar refractivity (Wildman–Crippen MR) is 85.9 cm³/mol. The second-order valence-electron chi connectivity index (χ2n) is 5.34. The quantitative estimate of drug-likeness (QED) is 0.882. The average Bonchev–Trinajstić information content (AvgIpc) is 2.61. The van der Waals surface area contributed by atoms with Gasteiger partial charge in [-0.3, -0.25) is 9.78 Å². The van der Waals surface area contributed by atoms with Gasteiger partial charge < -0.3 is 15.1 Å². The molecule has 0 bridgehead atoms. The topological polar surface area (TPSA) is 87.1 Å². The molecular formula is C15H19N7O. The van der Waals surface area contributed by atoms with Crippen LogP contribution in [0.4, 0.5) is 11.8 Å². The van der Waals surface area contributed by atoms with Gasteiger partial charge in [-0.15, -0.1) is 5.10 Å². The molecule has 1 amide bonds. The Morgan fingerprint density at radius 2 is 1.96 bits per heavy atom. The summed E-state index contributed by atoms with van der Waals surface area (Å²) >= 11 is 0. The third kappa shape index (κ3) is 3.91. The maximum Gasteiger partial charge on any atom is 0.247 e. The van der Waals surface area contributed by atoms with Crippen molar-refractivity contribution in [1.29, 1.82) is 0 Å². The SMILES string of the molecule is CC(=O)N1CCN(c2nncc(NCc3ccncc3)n2)CC1. The van der Waals surface area contributed by atoms with Crippen LogP contribution in [0.15, 0.2) is 30.7 Å². The molecule has 8 heteroatoms. The van der Waals surface area contributed by atoms with Crippen molar-refractivity contribution in [3.63, 3.8) is 0 Å². The number of amides is 1. The highest BCUT2D eigenvalue weighted by Gasteiger charge is 2.20. The molecule has 2 aromatic rings. The number of piperazine rings is 1. The zero-order valence-electron chi connectivity index (χ0n) is 13.0. The lowest BCUT2D eigenvalue weighted by Crippen LogP contribution is -2.48. The summed E-state index contributed by atoms with van der Waals surface area (Å²) in [5, 5.41) is 11.4. The van der Waals surface area contributed by atoms with Crippen LogP contribution in [0.25, 0.3) is 0 Å². The van der Waals surface area contributed by atoms with E-state index in [2.05, 4.69) is 25.5 Å². The molecule has 1 aliphatic heterocycles.